The van der Waals surface area contributed by atoms with Crippen LogP contribution in [0, 0.1) is 28.1 Å². The Bertz CT molecular complexity index is 604. The van der Waals surface area contributed by atoms with Gasteiger partial charge in [-0.3, -0.25) is 4.79 Å². The van der Waals surface area contributed by atoms with E-state index in [1.165, 1.54) is 12.5 Å². The van der Waals surface area contributed by atoms with Gasteiger partial charge in [0.2, 0.25) is 0 Å². The number of aliphatic hydroxyl groups excluding tert-OH is 1. The second-order valence-electron chi connectivity index (χ2n) is 9.76. The molecule has 0 radical (unpaired) electrons. The van der Waals surface area contributed by atoms with Crippen molar-refractivity contribution in [3.63, 3.8) is 0 Å². The van der Waals surface area contributed by atoms with E-state index in [9.17, 15) is 9.90 Å². The summed E-state index contributed by atoms with van der Waals surface area (Å²) in [6.45, 7) is 14.5. The lowest BCUT2D eigenvalue weighted by Crippen LogP contribution is -2.62. The summed E-state index contributed by atoms with van der Waals surface area (Å²) in [6, 6.07) is 0. The van der Waals surface area contributed by atoms with E-state index in [0.29, 0.717) is 11.8 Å². The first-order valence-electron chi connectivity index (χ1n) is 9.74. The zero-order valence-electron chi connectivity index (χ0n) is 16.5. The lowest BCUT2D eigenvalue weighted by atomic mass is 9.44. The van der Waals surface area contributed by atoms with Crippen LogP contribution >= 0.6 is 0 Å². The number of esters is 1. The first kappa shape index (κ1) is 18.7. The monoisotopic (exact) mass is 346 g/mol. The van der Waals surface area contributed by atoms with Gasteiger partial charge >= 0.3 is 5.97 Å². The van der Waals surface area contributed by atoms with Crippen LogP contribution in [0.5, 0.6) is 0 Å². The van der Waals surface area contributed by atoms with Gasteiger partial charge in [-0.05, 0) is 49.4 Å². The zero-order valence-corrected chi connectivity index (χ0v) is 16.5. The van der Waals surface area contributed by atoms with Gasteiger partial charge in [0, 0.05) is 17.8 Å². The van der Waals surface area contributed by atoms with Gasteiger partial charge in [0.05, 0.1) is 6.10 Å². The molecule has 0 aromatic rings. The van der Waals surface area contributed by atoms with E-state index < -0.39 is 12.2 Å². The van der Waals surface area contributed by atoms with Gasteiger partial charge in [-0.15, -0.1) is 6.58 Å². The highest BCUT2D eigenvalue weighted by Gasteiger charge is 2.61. The van der Waals surface area contributed by atoms with Crippen LogP contribution in [0.2, 0.25) is 0 Å². The van der Waals surface area contributed by atoms with E-state index in [0.717, 1.165) is 32.1 Å². The molecular weight excluding hydrogens is 312 g/mol. The van der Waals surface area contributed by atoms with Gasteiger partial charge in [0.25, 0.3) is 0 Å². The molecule has 140 valence electrons. The van der Waals surface area contributed by atoms with E-state index in [4.69, 9.17) is 4.74 Å². The second-order valence-corrected chi connectivity index (χ2v) is 9.76. The fourth-order valence-corrected chi connectivity index (χ4v) is 6.36. The first-order valence-corrected chi connectivity index (χ1v) is 9.74. The molecule has 0 aromatic heterocycles. The normalized spacial score (nSPS) is 45.6. The Morgan fingerprint density at radius 1 is 1.32 bits per heavy atom. The van der Waals surface area contributed by atoms with E-state index in [2.05, 4.69) is 46.4 Å². The third-order valence-corrected chi connectivity index (χ3v) is 7.60. The topological polar surface area (TPSA) is 46.5 Å². The number of aliphatic hydroxyl groups is 1. The molecule has 3 aliphatic rings. The fraction of sp³-hybridized carbons (Fsp3) is 0.773. The number of carbonyl (C=O) groups is 1. The Hall–Kier alpha value is -1.09. The molecule has 0 aliphatic heterocycles. The van der Waals surface area contributed by atoms with Gasteiger partial charge in [0.15, 0.2) is 0 Å². The average Bonchev–Trinajstić information content (AvgIpc) is 2.51. The highest BCUT2D eigenvalue weighted by Crippen LogP contribution is 2.64. The summed E-state index contributed by atoms with van der Waals surface area (Å²) in [7, 11) is 0. The first-order chi connectivity index (χ1) is 11.5. The molecule has 3 rings (SSSR count). The molecule has 0 unspecified atom stereocenters. The number of allylic oxidation sites excluding steroid dienone is 3. The van der Waals surface area contributed by atoms with Gasteiger partial charge in [-0.2, -0.15) is 0 Å². The molecule has 2 saturated carbocycles. The highest BCUT2D eigenvalue weighted by molar-refractivity contribution is 5.66. The number of hydrogen-bond acceptors (Lipinski definition) is 3. The van der Waals surface area contributed by atoms with Crippen LogP contribution in [0.3, 0.4) is 0 Å². The number of ether oxygens (including phenoxy) is 1. The minimum absolute atomic E-state index is 0.0544. The average molecular weight is 347 g/mol. The van der Waals surface area contributed by atoms with Gasteiger partial charge < -0.3 is 9.84 Å². The minimum Gasteiger partial charge on any atom is -0.460 e. The molecule has 0 amide bonds. The van der Waals surface area contributed by atoms with E-state index >= 15 is 0 Å². The summed E-state index contributed by atoms with van der Waals surface area (Å²) >= 11 is 0. The van der Waals surface area contributed by atoms with Crippen molar-refractivity contribution in [2.24, 2.45) is 28.1 Å². The van der Waals surface area contributed by atoms with Crippen LogP contribution in [-0.4, -0.2) is 23.3 Å². The molecule has 0 spiro atoms. The van der Waals surface area contributed by atoms with Crippen LogP contribution < -0.4 is 0 Å². The summed E-state index contributed by atoms with van der Waals surface area (Å²) in [5, 5.41) is 11.3. The quantitative estimate of drug-likeness (QED) is 0.584. The summed E-state index contributed by atoms with van der Waals surface area (Å²) in [4.78, 5) is 11.6. The lowest BCUT2D eigenvalue weighted by Gasteiger charge is -2.62. The molecule has 1 N–H and O–H groups in total. The van der Waals surface area contributed by atoms with Crippen molar-refractivity contribution in [1.82, 2.24) is 0 Å². The molecule has 0 bridgehead atoms. The molecule has 3 aliphatic carbocycles. The predicted molar refractivity (Wildman–Crippen MR) is 99.9 cm³/mol. The van der Waals surface area contributed by atoms with E-state index in [1.54, 1.807) is 0 Å². The molecule has 0 saturated heterocycles. The second kappa shape index (κ2) is 5.97. The van der Waals surface area contributed by atoms with Crippen molar-refractivity contribution in [1.29, 1.82) is 0 Å². The lowest BCUT2D eigenvalue weighted by molar-refractivity contribution is -0.207. The zero-order chi connectivity index (χ0) is 18.6. The number of rotatable bonds is 2. The summed E-state index contributed by atoms with van der Waals surface area (Å²) < 4.78 is 5.57. The van der Waals surface area contributed by atoms with Crippen LogP contribution in [0.4, 0.5) is 0 Å². The molecule has 0 heterocycles. The smallest absolute Gasteiger partial charge is 0.302 e. The molecule has 6 atom stereocenters. The van der Waals surface area contributed by atoms with E-state index in [-0.39, 0.29) is 22.2 Å². The van der Waals surface area contributed by atoms with Crippen LogP contribution in [-0.2, 0) is 9.53 Å². The standard InChI is InChI=1S/C22H34O3/c1-7-21(5)11-10-16-15(12-21)8-9-18-20(3,4)13-17(25-14(2)23)19(24)22(16,18)6/h7,12,16-19,24H,1,8-11,13H2,2-6H3/t16-,17-,18-,19-,21-,22+/m0/s1. The molecular formula is C22H34O3. The van der Waals surface area contributed by atoms with Crippen LogP contribution in [0.25, 0.3) is 0 Å². The third-order valence-electron chi connectivity index (χ3n) is 7.60. The summed E-state index contributed by atoms with van der Waals surface area (Å²) in [5.41, 5.74) is 1.36. The van der Waals surface area contributed by atoms with Crippen molar-refractivity contribution in [3.05, 3.63) is 24.3 Å². The molecule has 0 aromatic carbocycles. The maximum absolute atomic E-state index is 11.6. The van der Waals surface area contributed by atoms with Crippen molar-refractivity contribution >= 4 is 5.97 Å². The van der Waals surface area contributed by atoms with Gasteiger partial charge in [-0.1, -0.05) is 45.4 Å². The minimum atomic E-state index is -0.601. The predicted octanol–water partition coefficient (Wildman–Crippen LogP) is 4.65. The van der Waals surface area contributed by atoms with Gasteiger partial charge in [-0.25, -0.2) is 0 Å². The fourth-order valence-electron chi connectivity index (χ4n) is 6.36. The van der Waals surface area contributed by atoms with E-state index in [1.807, 2.05) is 0 Å². The Morgan fingerprint density at radius 2 is 2.00 bits per heavy atom. The highest BCUT2D eigenvalue weighted by atomic mass is 16.6. The molecule has 25 heavy (non-hydrogen) atoms. The Labute approximate surface area is 152 Å². The third kappa shape index (κ3) is 2.89. The Morgan fingerprint density at radius 3 is 2.60 bits per heavy atom. The number of fused-ring (bicyclic) bond motifs is 3. The van der Waals surface area contributed by atoms with Crippen molar-refractivity contribution in [2.75, 3.05) is 0 Å². The maximum atomic E-state index is 11.6. The SMILES string of the molecule is C=C[C@]1(C)C=C2CC[C@H]3C(C)(C)C[C@H](OC(C)=O)[C@H](O)[C@]3(C)[C@H]2CC1. The van der Waals surface area contributed by atoms with Crippen LogP contribution in [0.1, 0.15) is 66.7 Å². The maximum Gasteiger partial charge on any atom is 0.302 e. The summed E-state index contributed by atoms with van der Waals surface area (Å²) in [5.74, 6) is 0.514. The van der Waals surface area contributed by atoms with Crippen molar-refractivity contribution < 1.29 is 14.6 Å². The Balaban J connectivity index is 2.02. The largest absolute Gasteiger partial charge is 0.460 e. The number of carbonyl (C=O) groups excluding carboxylic acids is 1. The molecule has 3 heteroatoms. The molecule has 2 fully saturated rings. The Kier molecular flexibility index (Phi) is 4.47. The van der Waals surface area contributed by atoms with Crippen molar-refractivity contribution in [2.45, 2.75) is 78.9 Å². The molecule has 3 nitrogen and oxygen atoms in total. The van der Waals surface area contributed by atoms with Crippen molar-refractivity contribution in [3.8, 4) is 0 Å². The van der Waals surface area contributed by atoms with Gasteiger partial charge in [0.1, 0.15) is 6.10 Å². The number of hydrogen-bond donors (Lipinski definition) is 1. The van der Waals surface area contributed by atoms with Crippen LogP contribution in [0.15, 0.2) is 24.3 Å². The summed E-state index contributed by atoms with van der Waals surface area (Å²) in [6.07, 6.45) is 8.56.